The third-order valence-electron chi connectivity index (χ3n) is 8.16. The highest BCUT2D eigenvalue weighted by Crippen LogP contribution is 2.39. The molecular weight excluding hydrogens is 502 g/mol. The summed E-state index contributed by atoms with van der Waals surface area (Å²) in [4.78, 5) is 15.6. The molecule has 0 radical (unpaired) electrons. The zero-order valence-corrected chi connectivity index (χ0v) is 24.9. The summed E-state index contributed by atoms with van der Waals surface area (Å²) in [5, 5.41) is 26.2. The molecule has 2 unspecified atom stereocenters. The molecule has 1 amide bonds. The van der Waals surface area contributed by atoms with Gasteiger partial charge in [-0.05, 0) is 93.1 Å². The second kappa shape index (κ2) is 10.9. The van der Waals surface area contributed by atoms with Gasteiger partial charge >= 0.3 is 0 Å². The zero-order chi connectivity index (χ0) is 28.8. The molecule has 0 bridgehead atoms. The summed E-state index contributed by atoms with van der Waals surface area (Å²) in [6.07, 6.45) is 1.78. The Morgan fingerprint density at radius 1 is 0.975 bits per heavy atom. The van der Waals surface area contributed by atoms with Crippen LogP contribution < -0.4 is 5.32 Å². The van der Waals surface area contributed by atoms with Crippen molar-refractivity contribution >= 4 is 16.8 Å². The summed E-state index contributed by atoms with van der Waals surface area (Å²) in [5.74, 6) is -0.123. The van der Waals surface area contributed by atoms with Gasteiger partial charge in [-0.2, -0.15) is 0 Å². The first-order valence-electron chi connectivity index (χ1n) is 14.6. The summed E-state index contributed by atoms with van der Waals surface area (Å²) in [5.41, 5.74) is 5.11. The molecule has 1 fully saturated rings. The normalized spacial score (nSPS) is 18.1. The predicted octanol–water partition coefficient (Wildman–Crippen LogP) is 5.75. The summed E-state index contributed by atoms with van der Waals surface area (Å²) < 4.78 is 8.40. The Morgan fingerprint density at radius 3 is 2.38 bits per heavy atom. The van der Waals surface area contributed by atoms with E-state index < -0.39 is 17.6 Å². The summed E-state index contributed by atoms with van der Waals surface area (Å²) in [6, 6.07) is 12.5. The molecule has 0 spiro atoms. The number of carbonyl (C=O) groups is 1. The van der Waals surface area contributed by atoms with E-state index in [2.05, 4.69) is 39.0 Å². The number of nitrogens with one attached hydrogen (secondary N) is 1. The van der Waals surface area contributed by atoms with Crippen molar-refractivity contribution in [3.63, 3.8) is 0 Å². The van der Waals surface area contributed by atoms with Crippen molar-refractivity contribution < 1.29 is 19.7 Å². The monoisotopic (exact) mass is 547 g/mol. The molecule has 3 aromatic rings. The first-order chi connectivity index (χ1) is 18.8. The molecule has 3 N–H and O–H groups in total. The second-order valence-electron chi connectivity index (χ2n) is 13.6. The van der Waals surface area contributed by atoms with Crippen LogP contribution in [-0.4, -0.2) is 50.4 Å². The van der Waals surface area contributed by atoms with Crippen LogP contribution in [-0.2, 0) is 24.6 Å². The van der Waals surface area contributed by atoms with E-state index in [1.165, 1.54) is 24.8 Å². The molecule has 1 aromatic heterocycles. The minimum Gasteiger partial charge on any atom is -0.390 e. The number of aromatic nitrogens is 1. The molecule has 216 valence electrons. The molecule has 7 nitrogen and oxygen atoms in total. The number of nitrogens with zero attached hydrogens (tertiary/aromatic N) is 2. The van der Waals surface area contributed by atoms with Crippen LogP contribution in [0.3, 0.4) is 0 Å². The van der Waals surface area contributed by atoms with Crippen molar-refractivity contribution in [2.45, 2.75) is 98.4 Å². The minimum absolute atomic E-state index is 0.123. The van der Waals surface area contributed by atoms with Crippen LogP contribution in [0.25, 0.3) is 22.2 Å². The number of ether oxygens (including phenoxy) is 1. The number of aliphatic hydroxyl groups is 2. The third-order valence-corrected chi connectivity index (χ3v) is 8.16. The zero-order valence-electron chi connectivity index (χ0n) is 24.9. The number of benzene rings is 2. The molecule has 1 saturated heterocycles. The quantitative estimate of drug-likeness (QED) is 0.351. The van der Waals surface area contributed by atoms with Crippen molar-refractivity contribution in [3.8, 4) is 11.3 Å². The molecule has 2 aliphatic rings. The van der Waals surface area contributed by atoms with Crippen LogP contribution in [0.1, 0.15) is 94.0 Å². The molecule has 2 aromatic carbocycles. The summed E-state index contributed by atoms with van der Waals surface area (Å²) >= 11 is 0. The number of likely N-dealkylation sites (tertiary alicyclic amines) is 1. The number of amides is 1. The molecule has 5 rings (SSSR count). The van der Waals surface area contributed by atoms with E-state index in [9.17, 15) is 15.0 Å². The molecule has 2 aliphatic heterocycles. The van der Waals surface area contributed by atoms with Crippen molar-refractivity contribution in [1.29, 1.82) is 0 Å². The van der Waals surface area contributed by atoms with E-state index in [0.717, 1.165) is 47.4 Å². The Kier molecular flexibility index (Phi) is 7.87. The molecule has 0 saturated carbocycles. The fourth-order valence-electron chi connectivity index (χ4n) is 5.84. The van der Waals surface area contributed by atoms with Crippen molar-refractivity contribution in [3.05, 3.63) is 58.7 Å². The lowest BCUT2D eigenvalue weighted by molar-refractivity contribution is -0.0458. The molecular formula is C33H45N3O4. The number of hydrogen-bond donors (Lipinski definition) is 3. The lowest BCUT2D eigenvalue weighted by Crippen LogP contribution is -2.32. The van der Waals surface area contributed by atoms with Gasteiger partial charge in [0, 0.05) is 24.0 Å². The maximum absolute atomic E-state index is 13.1. The van der Waals surface area contributed by atoms with Crippen LogP contribution in [0.5, 0.6) is 0 Å². The number of fused-ring (bicyclic) bond motifs is 2. The summed E-state index contributed by atoms with van der Waals surface area (Å²) in [7, 11) is 0. The predicted molar refractivity (Wildman–Crippen MR) is 159 cm³/mol. The number of hydrogen-bond acceptors (Lipinski definition) is 5. The van der Waals surface area contributed by atoms with Gasteiger partial charge < -0.3 is 24.8 Å². The number of rotatable bonds is 7. The van der Waals surface area contributed by atoms with Crippen LogP contribution in [0.15, 0.2) is 36.4 Å². The topological polar surface area (TPSA) is 87.0 Å². The molecule has 7 heteroatoms. The van der Waals surface area contributed by atoms with E-state index in [-0.39, 0.29) is 11.5 Å². The van der Waals surface area contributed by atoms with Gasteiger partial charge in [0.25, 0.3) is 5.91 Å². The fourth-order valence-corrected chi connectivity index (χ4v) is 5.84. The Morgan fingerprint density at radius 2 is 1.70 bits per heavy atom. The fraction of sp³-hybridized carbons (Fsp3) is 0.545. The minimum atomic E-state index is -1.08. The van der Waals surface area contributed by atoms with Gasteiger partial charge in [-0.3, -0.25) is 9.69 Å². The first-order valence-corrected chi connectivity index (χ1v) is 14.6. The Hall–Kier alpha value is -2.71. The standard InChI is InChI=1S/C33H45N3O4/c1-32(2,3)30(38)29(37)23-15-24-18-34-31(39)28(24)25(16-23)27-17-22-14-21(19-35-12-8-7-9-13-35)10-11-26(22)36(27)20-40-33(4,5)6/h10-11,14-17,29-30,37-38H,7-9,12-13,18-20H2,1-6H3,(H,34,39). The highest BCUT2D eigenvalue weighted by atomic mass is 16.5. The van der Waals surface area contributed by atoms with Gasteiger partial charge in [0.15, 0.2) is 0 Å². The Labute approximate surface area is 238 Å². The van der Waals surface area contributed by atoms with Crippen LogP contribution in [0.4, 0.5) is 0 Å². The number of aliphatic hydroxyl groups excluding tert-OH is 2. The van der Waals surface area contributed by atoms with Crippen molar-refractivity contribution in [2.75, 3.05) is 13.1 Å². The summed E-state index contributed by atoms with van der Waals surface area (Å²) in [6.45, 7) is 15.7. The third kappa shape index (κ3) is 5.98. The van der Waals surface area contributed by atoms with E-state index in [1.807, 2.05) is 53.7 Å². The molecule has 2 atom stereocenters. The van der Waals surface area contributed by atoms with Crippen molar-refractivity contribution in [1.82, 2.24) is 14.8 Å². The van der Waals surface area contributed by atoms with E-state index in [4.69, 9.17) is 4.74 Å². The van der Waals surface area contributed by atoms with Crippen LogP contribution >= 0.6 is 0 Å². The average molecular weight is 548 g/mol. The lowest BCUT2D eigenvalue weighted by Gasteiger charge is -2.30. The van der Waals surface area contributed by atoms with E-state index in [0.29, 0.717) is 24.4 Å². The number of carbonyl (C=O) groups excluding carboxylic acids is 1. The van der Waals surface area contributed by atoms with Gasteiger partial charge in [-0.15, -0.1) is 0 Å². The Bertz CT molecular complexity index is 1390. The lowest BCUT2D eigenvalue weighted by atomic mass is 9.82. The highest BCUT2D eigenvalue weighted by molar-refractivity contribution is 6.05. The largest absolute Gasteiger partial charge is 0.390 e. The smallest absolute Gasteiger partial charge is 0.252 e. The average Bonchev–Trinajstić information content (AvgIpc) is 3.45. The maximum atomic E-state index is 13.1. The highest BCUT2D eigenvalue weighted by Gasteiger charge is 2.33. The number of piperidine rings is 1. The maximum Gasteiger partial charge on any atom is 0.252 e. The molecule has 40 heavy (non-hydrogen) atoms. The van der Waals surface area contributed by atoms with Gasteiger partial charge in [0.2, 0.25) is 0 Å². The SMILES string of the molecule is CC(C)(C)OCn1c(-c2cc(C(O)C(O)C(C)(C)C)cc3c2C(=O)NC3)cc2cc(CN3CCCCC3)ccc21. The van der Waals surface area contributed by atoms with Crippen LogP contribution in [0.2, 0.25) is 0 Å². The molecule has 0 aliphatic carbocycles. The van der Waals surface area contributed by atoms with Gasteiger partial charge in [-0.25, -0.2) is 0 Å². The Balaban J connectivity index is 1.63. The van der Waals surface area contributed by atoms with E-state index in [1.54, 1.807) is 0 Å². The van der Waals surface area contributed by atoms with Crippen LogP contribution in [0, 0.1) is 5.41 Å². The molecule has 3 heterocycles. The van der Waals surface area contributed by atoms with Gasteiger partial charge in [0.05, 0.1) is 28.5 Å². The van der Waals surface area contributed by atoms with Gasteiger partial charge in [0.1, 0.15) is 12.8 Å². The van der Waals surface area contributed by atoms with Crippen molar-refractivity contribution in [2.24, 2.45) is 5.41 Å². The first kappa shape index (κ1) is 28.8. The van der Waals surface area contributed by atoms with E-state index >= 15 is 0 Å². The van der Waals surface area contributed by atoms with Gasteiger partial charge in [-0.1, -0.05) is 39.3 Å². The second-order valence-corrected chi connectivity index (χ2v) is 13.6.